The normalized spacial score (nSPS) is 20.2. The summed E-state index contributed by atoms with van der Waals surface area (Å²) in [6, 6.07) is 5.56. The summed E-state index contributed by atoms with van der Waals surface area (Å²) in [4.78, 5) is 28.1. The van der Waals surface area contributed by atoms with Gasteiger partial charge in [0.2, 0.25) is 5.89 Å². The molecule has 2 N–H and O–H groups in total. The number of aliphatic carboxylic acids is 1. The molecule has 1 saturated heterocycles. The number of hydrogen-bond acceptors (Lipinski definition) is 4. The Morgan fingerprint density at radius 3 is 2.42 bits per heavy atom. The first kappa shape index (κ1) is 17.8. The van der Waals surface area contributed by atoms with Crippen LogP contribution in [0.25, 0.3) is 11.5 Å². The summed E-state index contributed by atoms with van der Waals surface area (Å²) in [5.74, 6) is -4.94. The van der Waals surface area contributed by atoms with Crippen LogP contribution in [0.3, 0.4) is 0 Å². The molecule has 1 aromatic carbocycles. The number of amides is 2. The van der Waals surface area contributed by atoms with E-state index in [1.807, 2.05) is 0 Å². The van der Waals surface area contributed by atoms with E-state index in [2.05, 4.69) is 10.3 Å². The van der Waals surface area contributed by atoms with Crippen molar-refractivity contribution < 1.29 is 32.3 Å². The summed E-state index contributed by atoms with van der Waals surface area (Å²) in [6.07, 6.45) is -1.79. The molecule has 10 heteroatoms. The van der Waals surface area contributed by atoms with Gasteiger partial charge < -0.3 is 19.7 Å². The lowest BCUT2D eigenvalue weighted by Gasteiger charge is -2.18. The summed E-state index contributed by atoms with van der Waals surface area (Å²) in [5.41, 5.74) is 1.02. The number of alkyl halides is 3. The first-order valence-corrected chi connectivity index (χ1v) is 7.61. The van der Waals surface area contributed by atoms with Crippen LogP contribution in [-0.2, 0) is 4.79 Å². The van der Waals surface area contributed by atoms with Crippen LogP contribution < -0.4 is 5.32 Å². The first-order valence-electron chi connectivity index (χ1n) is 7.61. The van der Waals surface area contributed by atoms with Gasteiger partial charge in [-0.25, -0.2) is 9.78 Å². The van der Waals surface area contributed by atoms with E-state index in [-0.39, 0.29) is 0 Å². The Hall–Kier alpha value is -3.04. The third-order valence-electron chi connectivity index (χ3n) is 4.16. The third-order valence-corrected chi connectivity index (χ3v) is 4.16. The molecule has 138 valence electrons. The summed E-state index contributed by atoms with van der Waals surface area (Å²) in [6.45, 7) is -1.19. The maximum Gasteiger partial charge on any atom is 0.394 e. The Bertz CT molecular complexity index is 790. The predicted molar refractivity (Wildman–Crippen MR) is 83.2 cm³/mol. The van der Waals surface area contributed by atoms with Crippen molar-refractivity contribution in [1.29, 1.82) is 0 Å². The second-order valence-corrected chi connectivity index (χ2v) is 5.84. The zero-order valence-electron chi connectivity index (χ0n) is 13.2. The molecular formula is C16H14F3N3O4. The number of nitrogens with one attached hydrogen (secondary N) is 1. The van der Waals surface area contributed by atoms with Gasteiger partial charge in [0.25, 0.3) is 0 Å². The zero-order chi connectivity index (χ0) is 18.9. The number of urea groups is 1. The van der Waals surface area contributed by atoms with Gasteiger partial charge >= 0.3 is 18.2 Å². The van der Waals surface area contributed by atoms with Crippen LogP contribution in [-0.4, -0.2) is 46.3 Å². The molecule has 0 bridgehead atoms. The monoisotopic (exact) mass is 369 g/mol. The fourth-order valence-electron chi connectivity index (χ4n) is 2.82. The number of carbonyl (C=O) groups is 2. The van der Waals surface area contributed by atoms with Crippen molar-refractivity contribution in [2.45, 2.75) is 6.18 Å². The number of rotatable bonds is 3. The third kappa shape index (κ3) is 3.63. The number of carboxylic acid groups (broad SMARTS) is 1. The molecular weight excluding hydrogens is 355 g/mol. The van der Waals surface area contributed by atoms with Gasteiger partial charge in [-0.15, -0.1) is 0 Å². The fourth-order valence-corrected chi connectivity index (χ4v) is 2.82. The largest absolute Gasteiger partial charge is 0.481 e. The number of benzene rings is 1. The van der Waals surface area contributed by atoms with Gasteiger partial charge in [-0.3, -0.25) is 4.79 Å². The lowest BCUT2D eigenvalue weighted by molar-refractivity contribution is -0.187. The number of anilines is 1. The quantitative estimate of drug-likeness (QED) is 0.867. The van der Waals surface area contributed by atoms with Crippen LogP contribution in [0.2, 0.25) is 0 Å². The van der Waals surface area contributed by atoms with Gasteiger partial charge in [-0.1, -0.05) is 0 Å². The highest BCUT2D eigenvalue weighted by Gasteiger charge is 2.53. The molecule has 7 nitrogen and oxygen atoms in total. The maximum absolute atomic E-state index is 13.0. The van der Waals surface area contributed by atoms with Crippen molar-refractivity contribution in [3.05, 3.63) is 36.7 Å². The Morgan fingerprint density at radius 2 is 1.92 bits per heavy atom. The van der Waals surface area contributed by atoms with E-state index in [0.717, 1.165) is 4.90 Å². The molecule has 26 heavy (non-hydrogen) atoms. The second kappa shape index (κ2) is 6.70. The number of carboxylic acids is 1. The number of carbonyl (C=O) groups excluding carboxylic acids is 1. The van der Waals surface area contributed by atoms with E-state index in [0.29, 0.717) is 17.1 Å². The fraction of sp³-hybridized carbons (Fsp3) is 0.312. The number of likely N-dealkylation sites (tertiary alicyclic amines) is 1. The lowest BCUT2D eigenvalue weighted by atomic mass is 9.96. The average Bonchev–Trinajstić information content (AvgIpc) is 3.25. The topological polar surface area (TPSA) is 95.7 Å². The van der Waals surface area contributed by atoms with E-state index in [1.54, 1.807) is 24.3 Å². The van der Waals surface area contributed by atoms with E-state index < -0.39 is 43.1 Å². The molecule has 3 rings (SSSR count). The molecule has 0 radical (unpaired) electrons. The summed E-state index contributed by atoms with van der Waals surface area (Å²) >= 11 is 0. The van der Waals surface area contributed by atoms with Crippen LogP contribution in [0, 0.1) is 11.8 Å². The maximum atomic E-state index is 13.0. The Kier molecular flexibility index (Phi) is 4.58. The Labute approximate surface area is 145 Å². The zero-order valence-corrected chi connectivity index (χ0v) is 13.2. The number of oxazole rings is 1. The molecule has 2 heterocycles. The predicted octanol–water partition coefficient (Wildman–Crippen LogP) is 3.07. The van der Waals surface area contributed by atoms with Crippen LogP contribution >= 0.6 is 0 Å². The number of halogens is 3. The molecule has 0 saturated carbocycles. The second-order valence-electron chi connectivity index (χ2n) is 5.84. The van der Waals surface area contributed by atoms with Crippen LogP contribution in [0.5, 0.6) is 0 Å². The van der Waals surface area contributed by atoms with Crippen molar-refractivity contribution in [3.8, 4) is 11.5 Å². The van der Waals surface area contributed by atoms with Gasteiger partial charge in [0.15, 0.2) is 0 Å². The van der Waals surface area contributed by atoms with E-state index in [1.165, 1.54) is 12.5 Å². The lowest BCUT2D eigenvalue weighted by Crippen LogP contribution is -2.35. The molecule has 2 atom stereocenters. The highest BCUT2D eigenvalue weighted by atomic mass is 19.4. The summed E-state index contributed by atoms with van der Waals surface area (Å²) in [5, 5.41) is 11.4. The van der Waals surface area contributed by atoms with Crippen molar-refractivity contribution in [3.63, 3.8) is 0 Å². The SMILES string of the molecule is O=C(O)[C@@H]1CN(C(=O)Nc2ccc(-c3ncco3)cc2)C[C@H]1C(F)(F)F. The number of aromatic nitrogens is 1. The van der Waals surface area contributed by atoms with E-state index in [9.17, 15) is 22.8 Å². The van der Waals surface area contributed by atoms with Crippen molar-refractivity contribution in [2.75, 3.05) is 18.4 Å². The smallest absolute Gasteiger partial charge is 0.394 e. The molecule has 1 fully saturated rings. The molecule has 0 spiro atoms. The molecule has 2 aromatic rings. The number of nitrogens with zero attached hydrogens (tertiary/aromatic N) is 2. The highest BCUT2D eigenvalue weighted by molar-refractivity contribution is 5.90. The minimum atomic E-state index is -4.68. The molecule has 1 aliphatic rings. The standard InChI is InChI=1S/C16H14F3N3O4/c17-16(18,19)12-8-22(7-11(12)14(23)24)15(25)21-10-3-1-9(2-4-10)13-20-5-6-26-13/h1-6,11-12H,7-8H2,(H,21,25)(H,23,24)/t11-,12-/m1/s1. The molecule has 0 unspecified atom stereocenters. The minimum Gasteiger partial charge on any atom is -0.481 e. The van der Waals surface area contributed by atoms with E-state index in [4.69, 9.17) is 9.52 Å². The first-order chi connectivity index (χ1) is 12.3. The molecule has 0 aliphatic carbocycles. The van der Waals surface area contributed by atoms with Gasteiger partial charge in [0.05, 0.1) is 18.0 Å². The Morgan fingerprint density at radius 1 is 1.23 bits per heavy atom. The van der Waals surface area contributed by atoms with Gasteiger partial charge in [-0.05, 0) is 24.3 Å². The van der Waals surface area contributed by atoms with E-state index >= 15 is 0 Å². The van der Waals surface area contributed by atoms with Crippen molar-refractivity contribution >= 4 is 17.7 Å². The van der Waals surface area contributed by atoms with Crippen LogP contribution in [0.1, 0.15) is 0 Å². The molecule has 1 aliphatic heterocycles. The van der Waals surface area contributed by atoms with Gasteiger partial charge in [0.1, 0.15) is 6.26 Å². The van der Waals surface area contributed by atoms with Gasteiger partial charge in [0, 0.05) is 24.3 Å². The summed E-state index contributed by atoms with van der Waals surface area (Å²) in [7, 11) is 0. The Balaban J connectivity index is 1.67. The molecule has 2 amide bonds. The average molecular weight is 369 g/mol. The minimum absolute atomic E-state index is 0.354. The van der Waals surface area contributed by atoms with Crippen molar-refractivity contribution in [2.24, 2.45) is 11.8 Å². The number of hydrogen-bond donors (Lipinski definition) is 2. The van der Waals surface area contributed by atoms with Crippen LogP contribution in [0.4, 0.5) is 23.7 Å². The highest BCUT2D eigenvalue weighted by Crippen LogP contribution is 2.37. The molecule has 1 aromatic heterocycles. The van der Waals surface area contributed by atoms with Crippen LogP contribution in [0.15, 0.2) is 41.1 Å². The summed E-state index contributed by atoms with van der Waals surface area (Å²) < 4.78 is 44.1. The van der Waals surface area contributed by atoms with Crippen molar-refractivity contribution in [1.82, 2.24) is 9.88 Å². The van der Waals surface area contributed by atoms with Gasteiger partial charge in [-0.2, -0.15) is 13.2 Å².